The molecule has 6 heteroatoms. The number of aromatic nitrogens is 1. The maximum Gasteiger partial charge on any atom is 0.0821 e. The molecule has 0 saturated carbocycles. The summed E-state index contributed by atoms with van der Waals surface area (Å²) in [6, 6.07) is 3.73. The zero-order chi connectivity index (χ0) is 17.2. The third kappa shape index (κ3) is 5.62. The van der Waals surface area contributed by atoms with Gasteiger partial charge < -0.3 is 15.4 Å². The van der Waals surface area contributed by atoms with Crippen LogP contribution < -0.4 is 5.73 Å². The molecule has 1 aliphatic rings. The Bertz CT molecular complexity index is 628. The van der Waals surface area contributed by atoms with E-state index in [2.05, 4.69) is 26.8 Å². The minimum Gasteiger partial charge on any atom is -0.397 e. The maximum atomic E-state index is 6.18. The number of ether oxygens (including phenoxy) is 1. The molecule has 2 rings (SSSR count). The number of allylic oxidation sites excluding steroid dienone is 3. The Morgan fingerprint density at radius 3 is 2.88 bits per heavy atom. The highest BCUT2D eigenvalue weighted by Crippen LogP contribution is 2.09. The number of rotatable bonds is 6. The molecule has 0 radical (unpaired) electrons. The standard InChI is InChI=1S/C18H25N5O/c1-3-21-18(13-15(2)23-9-11-24-12-10-23)17(19)6-8-22-16-5-4-7-20-14-16/h4-8,13-14H,3,9-12,19H2,1-2H3/b15-13+,17-6-,21-18?,22-8?. The Balaban J connectivity index is 2.09. The van der Waals surface area contributed by atoms with Crippen molar-refractivity contribution < 1.29 is 4.74 Å². The van der Waals surface area contributed by atoms with Gasteiger partial charge in [0.1, 0.15) is 0 Å². The zero-order valence-electron chi connectivity index (χ0n) is 14.4. The van der Waals surface area contributed by atoms with Crippen LogP contribution in [0.4, 0.5) is 5.69 Å². The topological polar surface area (TPSA) is 76.1 Å². The second-order valence-corrected chi connectivity index (χ2v) is 5.36. The third-order valence-corrected chi connectivity index (χ3v) is 3.60. The van der Waals surface area contributed by atoms with Crippen LogP contribution in [0.5, 0.6) is 0 Å². The molecule has 2 heterocycles. The van der Waals surface area contributed by atoms with Gasteiger partial charge in [-0.1, -0.05) is 0 Å². The second kappa shape index (κ2) is 9.62. The first kappa shape index (κ1) is 17.9. The fraction of sp³-hybridized carbons (Fsp3) is 0.389. The van der Waals surface area contributed by atoms with E-state index in [0.29, 0.717) is 12.2 Å². The summed E-state index contributed by atoms with van der Waals surface area (Å²) in [6.07, 6.45) is 8.89. The van der Waals surface area contributed by atoms with Gasteiger partial charge in [-0.15, -0.1) is 0 Å². The number of hydrogen-bond acceptors (Lipinski definition) is 6. The summed E-state index contributed by atoms with van der Waals surface area (Å²) in [6.45, 7) is 8.06. The summed E-state index contributed by atoms with van der Waals surface area (Å²) >= 11 is 0. The van der Waals surface area contributed by atoms with Gasteiger partial charge in [0.2, 0.25) is 0 Å². The lowest BCUT2D eigenvalue weighted by molar-refractivity contribution is 0.0538. The highest BCUT2D eigenvalue weighted by atomic mass is 16.5. The van der Waals surface area contributed by atoms with Crippen LogP contribution in [-0.4, -0.2) is 54.7 Å². The van der Waals surface area contributed by atoms with Crippen molar-refractivity contribution in [2.75, 3.05) is 32.8 Å². The van der Waals surface area contributed by atoms with Gasteiger partial charge in [-0.05, 0) is 38.1 Å². The van der Waals surface area contributed by atoms with Crippen molar-refractivity contribution in [3.63, 3.8) is 0 Å². The Morgan fingerprint density at radius 1 is 1.42 bits per heavy atom. The minimum atomic E-state index is 0.595. The Hall–Kier alpha value is -2.47. The molecule has 1 aromatic rings. The van der Waals surface area contributed by atoms with Crippen molar-refractivity contribution in [3.8, 4) is 0 Å². The molecule has 1 fully saturated rings. The molecular weight excluding hydrogens is 302 g/mol. The molecule has 0 aromatic carbocycles. The average Bonchev–Trinajstić information content (AvgIpc) is 2.63. The Labute approximate surface area is 143 Å². The van der Waals surface area contributed by atoms with E-state index < -0.39 is 0 Å². The lowest BCUT2D eigenvalue weighted by atomic mass is 10.2. The fourth-order valence-electron chi connectivity index (χ4n) is 2.31. The number of aliphatic imine (C=N–C) groups is 2. The summed E-state index contributed by atoms with van der Waals surface area (Å²) in [5, 5.41) is 0. The quantitative estimate of drug-likeness (QED) is 0.814. The van der Waals surface area contributed by atoms with E-state index >= 15 is 0 Å². The van der Waals surface area contributed by atoms with Crippen LogP contribution >= 0.6 is 0 Å². The van der Waals surface area contributed by atoms with Gasteiger partial charge in [0.05, 0.1) is 36.5 Å². The summed E-state index contributed by atoms with van der Waals surface area (Å²) in [7, 11) is 0. The average molecular weight is 327 g/mol. The van der Waals surface area contributed by atoms with E-state index in [0.717, 1.165) is 43.4 Å². The molecule has 0 atom stereocenters. The molecule has 0 spiro atoms. The lowest BCUT2D eigenvalue weighted by Crippen LogP contribution is -2.35. The molecule has 6 nitrogen and oxygen atoms in total. The highest BCUT2D eigenvalue weighted by Gasteiger charge is 2.11. The zero-order valence-corrected chi connectivity index (χ0v) is 14.4. The molecule has 128 valence electrons. The van der Waals surface area contributed by atoms with Gasteiger partial charge in [0.15, 0.2) is 0 Å². The van der Waals surface area contributed by atoms with E-state index in [-0.39, 0.29) is 0 Å². The first-order valence-corrected chi connectivity index (χ1v) is 8.16. The third-order valence-electron chi connectivity index (χ3n) is 3.60. The van der Waals surface area contributed by atoms with Crippen LogP contribution in [0, 0.1) is 0 Å². The first-order chi connectivity index (χ1) is 11.7. The molecule has 1 saturated heterocycles. The number of nitrogens with two attached hydrogens (primary N) is 1. The number of pyridine rings is 1. The van der Waals surface area contributed by atoms with Gasteiger partial charge in [0.25, 0.3) is 0 Å². The lowest BCUT2D eigenvalue weighted by Gasteiger charge is -2.29. The second-order valence-electron chi connectivity index (χ2n) is 5.36. The van der Waals surface area contributed by atoms with Gasteiger partial charge in [-0.25, -0.2) is 0 Å². The predicted molar refractivity (Wildman–Crippen MR) is 98.8 cm³/mol. The van der Waals surface area contributed by atoms with Gasteiger partial charge in [-0.2, -0.15) is 0 Å². The highest BCUT2D eigenvalue weighted by molar-refractivity contribution is 6.09. The molecule has 2 N–H and O–H groups in total. The van der Waals surface area contributed by atoms with Crippen molar-refractivity contribution in [1.82, 2.24) is 9.88 Å². The molecule has 0 unspecified atom stereocenters. The summed E-state index contributed by atoms with van der Waals surface area (Å²) < 4.78 is 5.39. The van der Waals surface area contributed by atoms with Crippen molar-refractivity contribution in [3.05, 3.63) is 48.1 Å². The monoisotopic (exact) mass is 327 g/mol. The van der Waals surface area contributed by atoms with Crippen LogP contribution in [0.25, 0.3) is 0 Å². The number of morpholine rings is 1. The van der Waals surface area contributed by atoms with Crippen molar-refractivity contribution in [1.29, 1.82) is 0 Å². The van der Waals surface area contributed by atoms with Crippen LogP contribution in [-0.2, 0) is 4.74 Å². The molecule has 0 aliphatic carbocycles. The Morgan fingerprint density at radius 2 is 2.21 bits per heavy atom. The van der Waals surface area contributed by atoms with Gasteiger partial charge >= 0.3 is 0 Å². The van der Waals surface area contributed by atoms with Crippen molar-refractivity contribution >= 4 is 17.6 Å². The molecule has 0 bridgehead atoms. The number of nitrogens with zero attached hydrogens (tertiary/aromatic N) is 4. The molecular formula is C18H25N5O. The van der Waals surface area contributed by atoms with Gasteiger partial charge in [0, 0.05) is 37.7 Å². The van der Waals surface area contributed by atoms with E-state index in [4.69, 9.17) is 10.5 Å². The summed E-state index contributed by atoms with van der Waals surface area (Å²) in [5.74, 6) is 0. The van der Waals surface area contributed by atoms with E-state index in [1.54, 1.807) is 24.7 Å². The Kier molecular flexibility index (Phi) is 7.17. The van der Waals surface area contributed by atoms with Crippen LogP contribution in [0.3, 0.4) is 0 Å². The smallest absolute Gasteiger partial charge is 0.0821 e. The van der Waals surface area contributed by atoms with Crippen molar-refractivity contribution in [2.24, 2.45) is 15.7 Å². The largest absolute Gasteiger partial charge is 0.397 e. The summed E-state index contributed by atoms with van der Waals surface area (Å²) in [4.78, 5) is 15.1. The molecule has 0 amide bonds. The van der Waals surface area contributed by atoms with E-state index in [9.17, 15) is 0 Å². The van der Waals surface area contributed by atoms with E-state index in [1.807, 2.05) is 25.1 Å². The predicted octanol–water partition coefficient (Wildman–Crippen LogP) is 2.32. The van der Waals surface area contributed by atoms with Gasteiger partial charge in [-0.3, -0.25) is 15.0 Å². The minimum absolute atomic E-state index is 0.595. The van der Waals surface area contributed by atoms with Crippen LogP contribution in [0.15, 0.2) is 58.1 Å². The van der Waals surface area contributed by atoms with Crippen LogP contribution in [0.2, 0.25) is 0 Å². The molecule has 1 aromatic heterocycles. The summed E-state index contributed by atoms with van der Waals surface area (Å²) in [5.41, 5.74) is 9.49. The van der Waals surface area contributed by atoms with E-state index in [1.165, 1.54) is 0 Å². The molecule has 1 aliphatic heterocycles. The first-order valence-electron chi connectivity index (χ1n) is 8.16. The SMILES string of the molecule is CCN=C(/C=C(\C)N1CCOCC1)/C(N)=C/C=Nc1cccnc1. The maximum absolute atomic E-state index is 6.18. The fourth-order valence-corrected chi connectivity index (χ4v) is 2.31. The van der Waals surface area contributed by atoms with Crippen molar-refractivity contribution in [2.45, 2.75) is 13.8 Å². The van der Waals surface area contributed by atoms with Crippen LogP contribution in [0.1, 0.15) is 13.8 Å². The number of hydrogen-bond donors (Lipinski definition) is 1. The molecule has 24 heavy (non-hydrogen) atoms. The normalized spacial score (nSPS) is 17.6.